The zero-order valence-electron chi connectivity index (χ0n) is 18.3. The molecule has 1 saturated heterocycles. The summed E-state index contributed by atoms with van der Waals surface area (Å²) in [5.74, 6) is 0.646. The van der Waals surface area contributed by atoms with E-state index in [9.17, 15) is 9.90 Å². The van der Waals surface area contributed by atoms with E-state index in [0.717, 1.165) is 22.0 Å². The lowest BCUT2D eigenvalue weighted by atomic mass is 9.97. The van der Waals surface area contributed by atoms with Crippen molar-refractivity contribution < 1.29 is 5.11 Å². The molecule has 8 nitrogen and oxygen atoms in total. The minimum absolute atomic E-state index is 0.131. The Morgan fingerprint density at radius 1 is 1.17 bits per heavy atom. The van der Waals surface area contributed by atoms with Crippen LogP contribution in [0.25, 0.3) is 10.9 Å². The summed E-state index contributed by atoms with van der Waals surface area (Å²) in [7, 11) is 0. The molecule has 30 heavy (non-hydrogen) atoms. The number of likely N-dealkylation sites (tertiary alicyclic amines) is 1. The van der Waals surface area contributed by atoms with Crippen LogP contribution >= 0.6 is 0 Å². The van der Waals surface area contributed by atoms with Crippen LogP contribution in [0.2, 0.25) is 0 Å². The first-order valence-electron chi connectivity index (χ1n) is 10.5. The second-order valence-electron chi connectivity index (χ2n) is 9.39. The molecule has 160 valence electrons. The second kappa shape index (κ2) is 7.59. The number of benzene rings is 1. The molecule has 3 aromatic rings. The highest BCUT2D eigenvalue weighted by Crippen LogP contribution is 2.31. The summed E-state index contributed by atoms with van der Waals surface area (Å²) in [4.78, 5) is 18.6. The van der Waals surface area contributed by atoms with Gasteiger partial charge in [-0.2, -0.15) is 0 Å². The fraction of sp³-hybridized carbons (Fsp3) is 0.545. The Labute approximate surface area is 175 Å². The Morgan fingerprint density at radius 3 is 2.53 bits per heavy atom. The molecular weight excluding hydrogens is 380 g/mol. The van der Waals surface area contributed by atoms with Gasteiger partial charge in [-0.1, -0.05) is 11.6 Å². The fourth-order valence-electron chi connectivity index (χ4n) is 4.39. The number of aromatic amines is 1. The van der Waals surface area contributed by atoms with Crippen LogP contribution in [0.1, 0.15) is 62.2 Å². The first kappa shape index (κ1) is 20.7. The van der Waals surface area contributed by atoms with Gasteiger partial charge in [0, 0.05) is 18.7 Å². The van der Waals surface area contributed by atoms with Crippen LogP contribution in [0.15, 0.2) is 23.0 Å². The summed E-state index contributed by atoms with van der Waals surface area (Å²) in [6.07, 6.45) is 1.02. The summed E-state index contributed by atoms with van der Waals surface area (Å²) in [5, 5.41) is 23.5. The molecule has 0 radical (unpaired) electrons. The van der Waals surface area contributed by atoms with Crippen molar-refractivity contribution in [3.8, 4) is 0 Å². The third kappa shape index (κ3) is 3.77. The van der Waals surface area contributed by atoms with Gasteiger partial charge < -0.3 is 10.1 Å². The van der Waals surface area contributed by atoms with Crippen LogP contribution in [0.4, 0.5) is 0 Å². The predicted octanol–water partition coefficient (Wildman–Crippen LogP) is 2.43. The van der Waals surface area contributed by atoms with Gasteiger partial charge in [-0.05, 0) is 81.0 Å². The van der Waals surface area contributed by atoms with E-state index < -0.39 is 0 Å². The van der Waals surface area contributed by atoms with Crippen LogP contribution in [-0.2, 0) is 5.54 Å². The number of tetrazole rings is 1. The molecule has 1 unspecified atom stereocenters. The Morgan fingerprint density at radius 2 is 1.87 bits per heavy atom. The fourth-order valence-corrected chi connectivity index (χ4v) is 4.39. The van der Waals surface area contributed by atoms with Crippen molar-refractivity contribution >= 4 is 10.9 Å². The van der Waals surface area contributed by atoms with Crippen molar-refractivity contribution in [3.63, 3.8) is 0 Å². The molecule has 1 fully saturated rings. The predicted molar refractivity (Wildman–Crippen MR) is 116 cm³/mol. The first-order valence-corrected chi connectivity index (χ1v) is 10.5. The van der Waals surface area contributed by atoms with Crippen molar-refractivity contribution in [3.05, 3.63) is 51.1 Å². The number of H-pyrrole nitrogens is 1. The van der Waals surface area contributed by atoms with Crippen LogP contribution < -0.4 is 5.56 Å². The smallest absolute Gasteiger partial charge is 0.253 e. The molecule has 0 bridgehead atoms. The maximum atomic E-state index is 13.3. The number of nitrogens with one attached hydrogen (secondary N) is 1. The van der Waals surface area contributed by atoms with Crippen LogP contribution in [-0.4, -0.2) is 54.4 Å². The van der Waals surface area contributed by atoms with Gasteiger partial charge >= 0.3 is 0 Å². The number of aromatic nitrogens is 5. The first-order chi connectivity index (χ1) is 14.1. The minimum Gasteiger partial charge on any atom is -0.393 e. The van der Waals surface area contributed by atoms with E-state index in [1.807, 2.05) is 33.8 Å². The number of aryl methyl sites for hydroxylation is 2. The summed E-state index contributed by atoms with van der Waals surface area (Å²) in [6.45, 7) is 11.5. The van der Waals surface area contributed by atoms with Gasteiger partial charge in [-0.25, -0.2) is 4.68 Å². The Balaban J connectivity index is 1.92. The highest BCUT2D eigenvalue weighted by molar-refractivity contribution is 5.83. The van der Waals surface area contributed by atoms with Crippen molar-refractivity contribution in [1.82, 2.24) is 30.1 Å². The third-order valence-electron chi connectivity index (χ3n) is 5.85. The molecular formula is C22H30N6O2. The molecule has 2 aromatic heterocycles. The average Bonchev–Trinajstić information content (AvgIpc) is 3.14. The Kier molecular flexibility index (Phi) is 5.23. The molecule has 0 spiro atoms. The minimum atomic E-state index is -0.388. The zero-order chi connectivity index (χ0) is 21.6. The summed E-state index contributed by atoms with van der Waals surface area (Å²) < 4.78 is 1.80. The maximum Gasteiger partial charge on any atom is 0.253 e. The third-order valence-corrected chi connectivity index (χ3v) is 5.85. The van der Waals surface area contributed by atoms with Crippen molar-refractivity contribution in [1.29, 1.82) is 0 Å². The van der Waals surface area contributed by atoms with Crippen molar-refractivity contribution in [2.45, 2.75) is 65.1 Å². The largest absolute Gasteiger partial charge is 0.393 e. The van der Waals surface area contributed by atoms with Gasteiger partial charge in [0.1, 0.15) is 6.04 Å². The quantitative estimate of drug-likeness (QED) is 0.688. The van der Waals surface area contributed by atoms with Crippen LogP contribution in [0, 0.1) is 13.8 Å². The van der Waals surface area contributed by atoms with Gasteiger partial charge in [0.25, 0.3) is 5.56 Å². The van der Waals surface area contributed by atoms with Gasteiger partial charge in [-0.15, -0.1) is 5.10 Å². The molecule has 2 N–H and O–H groups in total. The molecule has 3 heterocycles. The highest BCUT2D eigenvalue weighted by Gasteiger charge is 2.35. The zero-order valence-corrected chi connectivity index (χ0v) is 18.3. The van der Waals surface area contributed by atoms with Gasteiger partial charge in [-0.3, -0.25) is 9.69 Å². The SMILES string of the molecule is Cc1cc(C)c2[nH]c(=O)c(C(c3nnnn3C(C)(C)C)N3CCC(O)CC3)cc2c1. The lowest BCUT2D eigenvalue weighted by molar-refractivity contribution is 0.0647. The normalized spacial score (nSPS) is 17.5. The Bertz CT molecular complexity index is 1120. The number of nitrogens with zero attached hydrogens (tertiary/aromatic N) is 5. The number of aliphatic hydroxyl groups is 1. The number of rotatable bonds is 3. The van der Waals surface area contributed by atoms with E-state index in [4.69, 9.17) is 0 Å². The number of pyridine rings is 1. The molecule has 1 atom stereocenters. The lowest BCUT2D eigenvalue weighted by Crippen LogP contribution is -2.42. The highest BCUT2D eigenvalue weighted by atomic mass is 16.3. The lowest BCUT2D eigenvalue weighted by Gasteiger charge is -2.36. The molecule has 0 amide bonds. The van der Waals surface area contributed by atoms with Gasteiger partial charge in [0.2, 0.25) is 0 Å². The molecule has 0 aliphatic carbocycles. The topological polar surface area (TPSA) is 99.9 Å². The Hall–Kier alpha value is -2.58. The van der Waals surface area contributed by atoms with Crippen molar-refractivity contribution in [2.24, 2.45) is 0 Å². The summed E-state index contributed by atoms with van der Waals surface area (Å²) >= 11 is 0. The number of piperidine rings is 1. The molecule has 4 rings (SSSR count). The van der Waals surface area contributed by atoms with Gasteiger partial charge in [0.15, 0.2) is 5.82 Å². The number of hydrogen-bond donors (Lipinski definition) is 2. The van der Waals surface area contributed by atoms with Crippen molar-refractivity contribution in [2.75, 3.05) is 13.1 Å². The van der Waals surface area contributed by atoms with E-state index in [2.05, 4.69) is 44.5 Å². The monoisotopic (exact) mass is 410 g/mol. The average molecular weight is 411 g/mol. The maximum absolute atomic E-state index is 13.3. The molecule has 8 heteroatoms. The standard InChI is InChI=1S/C22H30N6O2/c1-13-10-14(2)18-15(11-13)12-17(21(30)23-18)19(27-8-6-16(29)7-9-27)20-24-25-26-28(20)22(3,4)5/h10-12,16,19,29H,6-9H2,1-5H3,(H,23,30). The summed E-state index contributed by atoms with van der Waals surface area (Å²) in [5.41, 5.74) is 3.22. The number of aliphatic hydroxyl groups excluding tert-OH is 1. The van der Waals surface area contributed by atoms with Crippen LogP contribution in [0.5, 0.6) is 0 Å². The van der Waals surface area contributed by atoms with E-state index in [-0.39, 0.29) is 23.2 Å². The van der Waals surface area contributed by atoms with E-state index in [1.54, 1.807) is 4.68 Å². The summed E-state index contributed by atoms with van der Waals surface area (Å²) in [6, 6.07) is 5.75. The van der Waals surface area contributed by atoms with Gasteiger partial charge in [0.05, 0.1) is 17.2 Å². The van der Waals surface area contributed by atoms with Crippen LogP contribution in [0.3, 0.4) is 0 Å². The van der Waals surface area contributed by atoms with E-state index >= 15 is 0 Å². The molecule has 1 aliphatic rings. The number of fused-ring (bicyclic) bond motifs is 1. The second-order valence-corrected chi connectivity index (χ2v) is 9.39. The van der Waals surface area contributed by atoms with E-state index in [1.165, 1.54) is 0 Å². The van der Waals surface area contributed by atoms with E-state index in [0.29, 0.717) is 37.3 Å². The molecule has 0 saturated carbocycles. The molecule has 1 aliphatic heterocycles. The molecule has 1 aromatic carbocycles. The number of hydrogen-bond acceptors (Lipinski definition) is 6.